The van der Waals surface area contributed by atoms with Crippen molar-refractivity contribution in [1.29, 1.82) is 0 Å². The number of rotatable bonds is 12. The molecule has 1 aliphatic heterocycles. The van der Waals surface area contributed by atoms with Crippen LogP contribution in [0.5, 0.6) is 5.75 Å². The zero-order valence-corrected chi connectivity index (χ0v) is 26.0. The molecular weight excluding hydrogens is 594 g/mol. The first-order valence-corrected chi connectivity index (χ1v) is 15.8. The number of aliphatic hydroxyl groups is 1. The van der Waals surface area contributed by atoms with Gasteiger partial charge in [-0.1, -0.05) is 24.1 Å². The largest absolute Gasteiger partial charge is 0.462 e. The normalized spacial score (nSPS) is 25.4. The van der Waals surface area contributed by atoms with Gasteiger partial charge in [0, 0.05) is 13.1 Å². The van der Waals surface area contributed by atoms with Gasteiger partial charge in [0.05, 0.1) is 19.0 Å². The summed E-state index contributed by atoms with van der Waals surface area (Å²) in [5.74, 6) is 2.53. The van der Waals surface area contributed by atoms with Crippen LogP contribution in [0.15, 0.2) is 36.7 Å². The summed E-state index contributed by atoms with van der Waals surface area (Å²) in [5.41, 5.74) is -2.04. The Bertz CT molecular complexity index is 1600. The highest BCUT2D eigenvalue weighted by molar-refractivity contribution is 7.52. The van der Waals surface area contributed by atoms with Gasteiger partial charge in [0.25, 0.3) is 0 Å². The molecule has 2 aromatic heterocycles. The van der Waals surface area contributed by atoms with Gasteiger partial charge in [-0.25, -0.2) is 23.9 Å². The zero-order valence-electron chi connectivity index (χ0n) is 25.1. The summed E-state index contributed by atoms with van der Waals surface area (Å²) in [6.07, 6.45) is 3.72. The SMILES string of the molecule is C#C[C@@]1(F)[C@H](O)[C@@H](CO[P@@](=O)(N[C@H](C)C(=O)OC(C)C)Oc2ccccc2)O[C@H]1n1cnc2c(N(C)C3CC3)nc(C)nc21. The summed E-state index contributed by atoms with van der Waals surface area (Å²) in [7, 11) is -2.42. The van der Waals surface area contributed by atoms with Crippen molar-refractivity contribution in [1.82, 2.24) is 24.6 Å². The highest BCUT2D eigenvalue weighted by Gasteiger charge is 2.58. The molecule has 0 bridgehead atoms. The molecule has 0 unspecified atom stereocenters. The lowest BCUT2D eigenvalue weighted by molar-refractivity contribution is -0.149. The average Bonchev–Trinajstić information content (AvgIpc) is 3.70. The summed E-state index contributed by atoms with van der Waals surface area (Å²) in [5, 5.41) is 13.6. The molecule has 0 spiro atoms. The van der Waals surface area contributed by atoms with Crippen LogP contribution in [0.3, 0.4) is 0 Å². The van der Waals surface area contributed by atoms with Crippen molar-refractivity contribution in [3.05, 3.63) is 42.5 Å². The molecule has 3 heterocycles. The summed E-state index contributed by atoms with van der Waals surface area (Å²) in [6.45, 7) is 5.87. The van der Waals surface area contributed by atoms with Crippen LogP contribution in [-0.4, -0.2) is 80.3 Å². The summed E-state index contributed by atoms with van der Waals surface area (Å²) in [4.78, 5) is 27.9. The van der Waals surface area contributed by atoms with E-state index in [0.29, 0.717) is 23.2 Å². The molecule has 2 N–H and O–H groups in total. The van der Waals surface area contributed by atoms with Crippen LogP contribution in [0.2, 0.25) is 0 Å². The number of terminal acetylenes is 1. The first-order chi connectivity index (χ1) is 20.8. The van der Waals surface area contributed by atoms with Crippen LogP contribution in [0.4, 0.5) is 10.2 Å². The second kappa shape index (κ2) is 12.4. The van der Waals surface area contributed by atoms with Gasteiger partial charge in [0.15, 0.2) is 23.2 Å². The summed E-state index contributed by atoms with van der Waals surface area (Å²) < 4.78 is 54.0. The lowest BCUT2D eigenvalue weighted by atomic mass is 9.97. The summed E-state index contributed by atoms with van der Waals surface area (Å²) in [6, 6.07) is 7.35. The van der Waals surface area contributed by atoms with Gasteiger partial charge >= 0.3 is 13.7 Å². The number of nitrogens with one attached hydrogen (secondary N) is 1. The van der Waals surface area contributed by atoms with Crippen molar-refractivity contribution in [2.45, 2.75) is 82.8 Å². The minimum Gasteiger partial charge on any atom is -0.462 e. The quantitative estimate of drug-likeness (QED) is 0.171. The number of hydrogen-bond acceptors (Lipinski definition) is 11. The van der Waals surface area contributed by atoms with Gasteiger partial charge in [0.2, 0.25) is 5.67 Å². The number of para-hydroxylation sites is 1. The molecule has 236 valence electrons. The molecule has 1 aromatic carbocycles. The predicted molar refractivity (Wildman–Crippen MR) is 159 cm³/mol. The van der Waals surface area contributed by atoms with Gasteiger partial charge in [-0.2, -0.15) is 5.09 Å². The van der Waals surface area contributed by atoms with E-state index in [1.807, 2.05) is 17.9 Å². The number of fused-ring (bicyclic) bond motifs is 1. The monoisotopic (exact) mass is 630 g/mol. The average molecular weight is 631 g/mol. The van der Waals surface area contributed by atoms with Crippen molar-refractivity contribution in [2.24, 2.45) is 0 Å². The standard InChI is InChI=1S/C29H36FN6O7P/c1-7-29(30)24(37)22(15-40-44(39,43-21-11-9-8-10-12-21)34-18(4)27(38)41-17(2)3)42-28(29)36-16-31-23-25(35(6)20-13-14-20)32-19(5)33-26(23)36/h1,8-12,16-18,20,22,24,28,37H,13-15H2,2-6H3,(H,34,39)/t18-,22-,24-,28-,29-,44+/m1/s1. The second-order valence-corrected chi connectivity index (χ2v) is 12.9. The Morgan fingerprint density at radius 3 is 2.66 bits per heavy atom. The van der Waals surface area contributed by atoms with Crippen LogP contribution in [0, 0.1) is 19.3 Å². The third-order valence-electron chi connectivity index (χ3n) is 7.30. The molecule has 1 aliphatic carbocycles. The number of carbonyl (C=O) groups is 1. The molecule has 6 atom stereocenters. The second-order valence-electron chi connectivity index (χ2n) is 11.2. The minimum absolute atomic E-state index is 0.175. The molecule has 1 saturated heterocycles. The van der Waals surface area contributed by atoms with Crippen LogP contribution in [0.1, 0.15) is 45.7 Å². The van der Waals surface area contributed by atoms with E-state index in [1.54, 1.807) is 51.1 Å². The Balaban J connectivity index is 1.40. The number of carbonyl (C=O) groups excluding carboxylic acids is 1. The first-order valence-electron chi connectivity index (χ1n) is 14.3. The molecule has 15 heteroatoms. The molecule has 44 heavy (non-hydrogen) atoms. The highest BCUT2D eigenvalue weighted by atomic mass is 31.2. The lowest BCUT2D eigenvalue weighted by Crippen LogP contribution is -2.42. The fraction of sp³-hybridized carbons (Fsp3) is 0.517. The van der Waals surface area contributed by atoms with E-state index in [4.69, 9.17) is 24.9 Å². The number of aliphatic hydroxyl groups excluding tert-OH is 1. The van der Waals surface area contributed by atoms with Crippen LogP contribution < -0.4 is 14.5 Å². The number of hydrogen-bond donors (Lipinski definition) is 2. The molecule has 0 amide bonds. The van der Waals surface area contributed by atoms with E-state index in [2.05, 4.69) is 20.0 Å². The first kappa shape index (κ1) is 31.8. The molecule has 13 nitrogen and oxygen atoms in total. The maximum atomic E-state index is 16.4. The van der Waals surface area contributed by atoms with Crippen molar-refractivity contribution in [3.8, 4) is 18.1 Å². The number of halogens is 1. The van der Waals surface area contributed by atoms with Crippen LogP contribution >= 0.6 is 7.75 Å². The third kappa shape index (κ3) is 6.43. The van der Waals surface area contributed by atoms with Crippen molar-refractivity contribution in [2.75, 3.05) is 18.6 Å². The molecule has 2 aliphatic rings. The van der Waals surface area contributed by atoms with E-state index >= 15 is 4.39 Å². The fourth-order valence-electron chi connectivity index (χ4n) is 4.88. The molecule has 1 saturated carbocycles. The Labute approximate surface area is 254 Å². The highest BCUT2D eigenvalue weighted by Crippen LogP contribution is 2.48. The number of aromatic nitrogens is 4. The van der Waals surface area contributed by atoms with E-state index in [0.717, 1.165) is 12.8 Å². The van der Waals surface area contributed by atoms with Gasteiger partial charge in [0.1, 0.15) is 29.8 Å². The number of nitrogens with zero attached hydrogens (tertiary/aromatic N) is 5. The van der Waals surface area contributed by atoms with E-state index < -0.39 is 56.6 Å². The van der Waals surface area contributed by atoms with Crippen molar-refractivity contribution >= 4 is 30.7 Å². The minimum atomic E-state index is -4.33. The molecule has 3 aromatic rings. The van der Waals surface area contributed by atoms with E-state index in [9.17, 15) is 14.5 Å². The van der Waals surface area contributed by atoms with E-state index in [1.165, 1.54) is 17.8 Å². The molecule has 2 fully saturated rings. The smallest absolute Gasteiger partial charge is 0.459 e. The third-order valence-corrected chi connectivity index (χ3v) is 8.94. The number of benzene rings is 1. The number of aryl methyl sites for hydroxylation is 1. The Kier molecular flexibility index (Phi) is 8.98. The van der Waals surface area contributed by atoms with Crippen LogP contribution in [0.25, 0.3) is 11.2 Å². The van der Waals surface area contributed by atoms with Crippen LogP contribution in [-0.2, 0) is 23.4 Å². The lowest BCUT2D eigenvalue weighted by Gasteiger charge is -2.25. The number of esters is 1. The maximum Gasteiger partial charge on any atom is 0.459 e. The number of ether oxygens (including phenoxy) is 2. The topological polar surface area (TPSA) is 150 Å². The van der Waals surface area contributed by atoms with Gasteiger partial charge < -0.3 is 24.0 Å². The van der Waals surface area contributed by atoms with Gasteiger partial charge in [-0.3, -0.25) is 13.9 Å². The fourth-order valence-corrected chi connectivity index (χ4v) is 6.38. The predicted octanol–water partition coefficient (Wildman–Crippen LogP) is 3.47. The Hall–Kier alpha value is -3.60. The number of alkyl halides is 1. The molecular formula is C29H36FN6O7P. The number of anilines is 1. The molecule has 5 rings (SSSR count). The zero-order chi connectivity index (χ0) is 31.8. The van der Waals surface area contributed by atoms with Crippen molar-refractivity contribution in [3.63, 3.8) is 0 Å². The Morgan fingerprint density at radius 1 is 1.32 bits per heavy atom. The maximum absolute atomic E-state index is 16.4. The van der Waals surface area contributed by atoms with E-state index in [-0.39, 0.29) is 11.4 Å². The van der Waals surface area contributed by atoms with Gasteiger partial charge in [-0.15, -0.1) is 6.42 Å². The van der Waals surface area contributed by atoms with Crippen molar-refractivity contribution < 1.29 is 37.4 Å². The number of imidazole rings is 1. The summed E-state index contributed by atoms with van der Waals surface area (Å²) >= 11 is 0. The van der Waals surface area contributed by atoms with Gasteiger partial charge in [-0.05, 0) is 52.7 Å². The Morgan fingerprint density at radius 2 is 2.02 bits per heavy atom. The molecule has 0 radical (unpaired) electrons.